The topological polar surface area (TPSA) is 17.1 Å². The Bertz CT molecular complexity index is 321. The highest BCUT2D eigenvalue weighted by Gasteiger charge is 2.54. The molecule has 0 aromatic rings. The monoisotopic (exact) mass is 276 g/mol. The van der Waals surface area contributed by atoms with Gasteiger partial charge >= 0.3 is 0 Å². The molecule has 0 aromatic heterocycles. The molecular weight excluding hydrogens is 244 g/mol. The van der Waals surface area contributed by atoms with Gasteiger partial charge in [0.25, 0.3) is 0 Å². The predicted molar refractivity (Wildman–Crippen MR) is 83.5 cm³/mol. The number of rotatable bonds is 7. The van der Waals surface area contributed by atoms with Gasteiger partial charge in [0.2, 0.25) is 0 Å². The van der Waals surface area contributed by atoms with Crippen molar-refractivity contribution in [3.63, 3.8) is 0 Å². The van der Waals surface area contributed by atoms with E-state index in [0.29, 0.717) is 11.7 Å². The third-order valence-corrected chi connectivity index (χ3v) is 6.65. The second-order valence-electron chi connectivity index (χ2n) is 8.24. The minimum Gasteiger partial charge on any atom is -0.299 e. The average molecular weight is 276 g/mol. The number of ketones is 1. The zero-order valence-corrected chi connectivity index (χ0v) is 13.5. The fourth-order valence-electron chi connectivity index (χ4n) is 5.87. The summed E-state index contributed by atoms with van der Waals surface area (Å²) in [5.41, 5.74) is 0.147. The fourth-order valence-corrected chi connectivity index (χ4v) is 5.87. The lowest BCUT2D eigenvalue weighted by Gasteiger charge is -2.56. The minimum atomic E-state index is 0.147. The van der Waals surface area contributed by atoms with Crippen molar-refractivity contribution >= 4 is 5.78 Å². The fraction of sp³-hybridized carbons (Fsp3) is 0.947. The van der Waals surface area contributed by atoms with Crippen LogP contribution in [0.25, 0.3) is 0 Å². The molecule has 20 heavy (non-hydrogen) atoms. The van der Waals surface area contributed by atoms with E-state index in [-0.39, 0.29) is 5.41 Å². The van der Waals surface area contributed by atoms with Gasteiger partial charge in [-0.25, -0.2) is 0 Å². The molecule has 1 atom stereocenters. The number of unbranched alkanes of at least 4 members (excludes halogenated alkanes) is 1. The Morgan fingerprint density at radius 1 is 1.05 bits per heavy atom. The maximum atomic E-state index is 13.0. The highest BCUT2D eigenvalue weighted by Crippen LogP contribution is 2.60. The summed E-state index contributed by atoms with van der Waals surface area (Å²) >= 11 is 0. The van der Waals surface area contributed by atoms with Gasteiger partial charge in [-0.05, 0) is 62.2 Å². The van der Waals surface area contributed by atoms with E-state index in [0.717, 1.165) is 24.2 Å². The van der Waals surface area contributed by atoms with Gasteiger partial charge in [-0.1, -0.05) is 39.5 Å². The summed E-state index contributed by atoms with van der Waals surface area (Å²) in [6.45, 7) is 4.53. The first kappa shape index (κ1) is 14.6. The van der Waals surface area contributed by atoms with Crippen LogP contribution >= 0.6 is 0 Å². The van der Waals surface area contributed by atoms with Gasteiger partial charge in [0.15, 0.2) is 0 Å². The first-order chi connectivity index (χ1) is 9.65. The van der Waals surface area contributed by atoms with E-state index in [9.17, 15) is 4.79 Å². The molecule has 114 valence electrons. The van der Waals surface area contributed by atoms with Crippen LogP contribution in [0.4, 0.5) is 0 Å². The van der Waals surface area contributed by atoms with Crippen LogP contribution in [0.2, 0.25) is 0 Å². The molecule has 0 N–H and O–H groups in total. The molecule has 0 saturated heterocycles. The second-order valence-corrected chi connectivity index (χ2v) is 8.24. The van der Waals surface area contributed by atoms with Crippen molar-refractivity contribution in [3.05, 3.63) is 0 Å². The van der Waals surface area contributed by atoms with Crippen molar-refractivity contribution in [1.29, 1.82) is 0 Å². The SMILES string of the molecule is CCCCC(CC)CC(=O)C12CC3CC(CC(C3)C1)C2. The molecule has 1 heteroatoms. The van der Waals surface area contributed by atoms with Gasteiger partial charge in [0.1, 0.15) is 5.78 Å². The van der Waals surface area contributed by atoms with Crippen molar-refractivity contribution in [1.82, 2.24) is 0 Å². The Morgan fingerprint density at radius 3 is 2.05 bits per heavy atom. The Morgan fingerprint density at radius 2 is 1.60 bits per heavy atom. The molecule has 1 unspecified atom stereocenters. The van der Waals surface area contributed by atoms with Crippen LogP contribution < -0.4 is 0 Å². The number of hydrogen-bond acceptors (Lipinski definition) is 1. The van der Waals surface area contributed by atoms with Gasteiger partial charge in [0.05, 0.1) is 0 Å². The Kier molecular flexibility index (Phi) is 4.24. The van der Waals surface area contributed by atoms with Crippen LogP contribution in [0.5, 0.6) is 0 Å². The third kappa shape index (κ3) is 2.70. The molecule has 4 fully saturated rings. The van der Waals surface area contributed by atoms with E-state index in [1.807, 2.05) is 0 Å². The third-order valence-electron chi connectivity index (χ3n) is 6.65. The predicted octanol–water partition coefficient (Wildman–Crippen LogP) is 5.38. The van der Waals surface area contributed by atoms with E-state index >= 15 is 0 Å². The molecule has 4 bridgehead atoms. The summed E-state index contributed by atoms with van der Waals surface area (Å²) < 4.78 is 0. The first-order valence-electron chi connectivity index (χ1n) is 9.18. The summed E-state index contributed by atoms with van der Waals surface area (Å²) in [4.78, 5) is 13.0. The molecule has 0 radical (unpaired) electrons. The maximum absolute atomic E-state index is 13.0. The van der Waals surface area contributed by atoms with E-state index < -0.39 is 0 Å². The van der Waals surface area contributed by atoms with Gasteiger partial charge in [-0.15, -0.1) is 0 Å². The normalized spacial score (nSPS) is 40.0. The van der Waals surface area contributed by atoms with E-state index in [1.54, 1.807) is 0 Å². The van der Waals surface area contributed by atoms with Crippen molar-refractivity contribution in [2.75, 3.05) is 0 Å². The lowest BCUT2D eigenvalue weighted by Crippen LogP contribution is -2.50. The van der Waals surface area contributed by atoms with Gasteiger partial charge in [-0.2, -0.15) is 0 Å². The highest BCUT2D eigenvalue weighted by atomic mass is 16.1. The van der Waals surface area contributed by atoms with Gasteiger partial charge < -0.3 is 0 Å². The highest BCUT2D eigenvalue weighted by molar-refractivity contribution is 5.85. The lowest BCUT2D eigenvalue weighted by molar-refractivity contribution is -0.145. The quantitative estimate of drug-likeness (QED) is 0.610. The maximum Gasteiger partial charge on any atom is 0.139 e. The molecular formula is C19H32O. The molecule has 0 amide bonds. The van der Waals surface area contributed by atoms with Crippen LogP contribution in [-0.2, 0) is 4.79 Å². The zero-order chi connectivity index (χ0) is 14.2. The minimum absolute atomic E-state index is 0.147. The molecule has 0 spiro atoms. The van der Waals surface area contributed by atoms with Gasteiger partial charge in [0, 0.05) is 11.8 Å². The molecule has 4 rings (SSSR count). The van der Waals surface area contributed by atoms with Crippen molar-refractivity contribution in [2.24, 2.45) is 29.1 Å². The number of carbonyl (C=O) groups excluding carboxylic acids is 1. The van der Waals surface area contributed by atoms with Crippen LogP contribution in [0, 0.1) is 29.1 Å². The van der Waals surface area contributed by atoms with Crippen LogP contribution in [0.1, 0.15) is 84.5 Å². The standard InChI is InChI=1S/C19H32O/c1-3-5-6-14(4-2)10-18(20)19-11-15-7-16(12-19)9-17(8-15)13-19/h14-17H,3-13H2,1-2H3. The summed E-state index contributed by atoms with van der Waals surface area (Å²) in [6, 6.07) is 0. The number of Topliss-reactive ketones (excluding diaryl/α,β-unsaturated/α-hetero) is 1. The van der Waals surface area contributed by atoms with Crippen LogP contribution in [-0.4, -0.2) is 5.78 Å². The van der Waals surface area contributed by atoms with E-state index in [1.165, 1.54) is 64.2 Å². The van der Waals surface area contributed by atoms with Crippen molar-refractivity contribution in [3.8, 4) is 0 Å². The molecule has 4 aliphatic rings. The Balaban J connectivity index is 1.64. The Labute approximate surface area is 124 Å². The molecule has 0 heterocycles. The molecule has 1 nitrogen and oxygen atoms in total. The molecule has 4 aliphatic carbocycles. The first-order valence-corrected chi connectivity index (χ1v) is 9.18. The molecule has 4 saturated carbocycles. The van der Waals surface area contributed by atoms with Gasteiger partial charge in [-0.3, -0.25) is 4.79 Å². The van der Waals surface area contributed by atoms with Crippen LogP contribution in [0.15, 0.2) is 0 Å². The lowest BCUT2D eigenvalue weighted by atomic mass is 9.48. The zero-order valence-electron chi connectivity index (χ0n) is 13.5. The van der Waals surface area contributed by atoms with Crippen molar-refractivity contribution in [2.45, 2.75) is 84.5 Å². The average Bonchev–Trinajstić information content (AvgIpc) is 2.41. The summed E-state index contributed by atoms with van der Waals surface area (Å²) in [5.74, 6) is 4.04. The van der Waals surface area contributed by atoms with E-state index in [2.05, 4.69) is 13.8 Å². The smallest absolute Gasteiger partial charge is 0.139 e. The summed E-state index contributed by atoms with van der Waals surface area (Å²) in [6.07, 6.45) is 14.0. The van der Waals surface area contributed by atoms with E-state index in [4.69, 9.17) is 0 Å². The van der Waals surface area contributed by atoms with Crippen LogP contribution in [0.3, 0.4) is 0 Å². The number of hydrogen-bond donors (Lipinski definition) is 0. The van der Waals surface area contributed by atoms with Crippen molar-refractivity contribution < 1.29 is 4.79 Å². The largest absolute Gasteiger partial charge is 0.299 e. The molecule has 0 aliphatic heterocycles. The number of carbonyl (C=O) groups is 1. The summed E-state index contributed by atoms with van der Waals surface area (Å²) in [7, 11) is 0. The molecule has 0 aromatic carbocycles. The second kappa shape index (κ2) is 5.81. The summed E-state index contributed by atoms with van der Waals surface area (Å²) in [5, 5.41) is 0. The Hall–Kier alpha value is -0.330.